The lowest BCUT2D eigenvalue weighted by Crippen LogP contribution is -2.55. The second kappa shape index (κ2) is 6.22. The average molecular weight is 279 g/mol. The molecule has 1 saturated heterocycles. The van der Waals surface area contributed by atoms with Crippen LogP contribution >= 0.6 is 11.6 Å². The number of hydrogen-bond acceptors (Lipinski definition) is 2. The molecule has 4 heteroatoms. The van der Waals surface area contributed by atoms with E-state index in [1.54, 1.807) is 12.2 Å². The third-order valence-corrected chi connectivity index (χ3v) is 3.52. The van der Waals surface area contributed by atoms with Crippen molar-refractivity contribution in [3.8, 4) is 0 Å². The number of halogens is 1. The number of nitrogens with zero attached hydrogens (tertiary/aromatic N) is 1. The van der Waals surface area contributed by atoms with Gasteiger partial charge in [0.2, 0.25) is 5.91 Å². The molecule has 3 nitrogen and oxygen atoms in total. The highest BCUT2D eigenvalue weighted by molar-refractivity contribution is 6.32. The quantitative estimate of drug-likeness (QED) is 0.844. The molecule has 0 aromatic heterocycles. The molecule has 0 spiro atoms. The molecule has 0 saturated carbocycles. The lowest BCUT2D eigenvalue weighted by atomic mass is 10.1. The predicted octanol–water partition coefficient (Wildman–Crippen LogP) is 2.56. The van der Waals surface area contributed by atoms with Crippen molar-refractivity contribution in [2.75, 3.05) is 13.1 Å². The predicted molar refractivity (Wildman–Crippen MR) is 79.1 cm³/mol. The number of rotatable bonds is 2. The molecule has 102 valence electrons. The largest absolute Gasteiger partial charge is 0.336 e. The van der Waals surface area contributed by atoms with E-state index < -0.39 is 0 Å². The summed E-state index contributed by atoms with van der Waals surface area (Å²) in [5, 5.41) is 4.07. The highest BCUT2D eigenvalue weighted by Crippen LogP contribution is 2.16. The summed E-state index contributed by atoms with van der Waals surface area (Å²) in [7, 11) is 0. The number of carbonyl (C=O) groups excluding carboxylic acids is 1. The number of piperazine rings is 1. The van der Waals surface area contributed by atoms with Crippen LogP contribution in [0.2, 0.25) is 5.02 Å². The first kappa shape index (κ1) is 14.1. The molecule has 1 heterocycles. The summed E-state index contributed by atoms with van der Waals surface area (Å²) < 4.78 is 0. The second-order valence-electron chi connectivity index (χ2n) is 5.07. The summed E-state index contributed by atoms with van der Waals surface area (Å²) in [4.78, 5) is 14.0. The van der Waals surface area contributed by atoms with Gasteiger partial charge < -0.3 is 10.2 Å². The van der Waals surface area contributed by atoms with Crippen molar-refractivity contribution in [1.29, 1.82) is 0 Å². The fraction of sp³-hybridized carbons (Fsp3) is 0.400. The van der Waals surface area contributed by atoms with Gasteiger partial charge in [-0.3, -0.25) is 4.79 Å². The summed E-state index contributed by atoms with van der Waals surface area (Å²) >= 11 is 6.05. The standard InChI is InChI=1S/C15H19ClN2O/c1-11-9-18(10-12(2)17-11)15(19)8-7-13-5-3-4-6-14(13)16/h3-8,11-12,17H,9-10H2,1-2H3/b8-7+. The van der Waals surface area contributed by atoms with Crippen LogP contribution in [0, 0.1) is 0 Å². The van der Waals surface area contributed by atoms with Crippen LogP contribution in [0.5, 0.6) is 0 Å². The van der Waals surface area contributed by atoms with Crippen molar-refractivity contribution in [3.63, 3.8) is 0 Å². The molecule has 2 unspecified atom stereocenters. The van der Waals surface area contributed by atoms with E-state index in [1.807, 2.05) is 29.2 Å². The van der Waals surface area contributed by atoms with Crippen LogP contribution in [-0.2, 0) is 4.79 Å². The molecule has 0 bridgehead atoms. The van der Waals surface area contributed by atoms with Gasteiger partial charge >= 0.3 is 0 Å². The van der Waals surface area contributed by atoms with Gasteiger partial charge in [0, 0.05) is 36.3 Å². The van der Waals surface area contributed by atoms with Gasteiger partial charge in [-0.1, -0.05) is 29.8 Å². The molecule has 1 fully saturated rings. The van der Waals surface area contributed by atoms with E-state index in [0.29, 0.717) is 17.1 Å². The van der Waals surface area contributed by atoms with E-state index in [0.717, 1.165) is 18.7 Å². The average Bonchev–Trinajstić information content (AvgIpc) is 2.36. The zero-order valence-electron chi connectivity index (χ0n) is 11.3. The fourth-order valence-corrected chi connectivity index (χ4v) is 2.58. The lowest BCUT2D eigenvalue weighted by molar-refractivity contribution is -0.127. The van der Waals surface area contributed by atoms with Crippen molar-refractivity contribution in [3.05, 3.63) is 40.9 Å². The van der Waals surface area contributed by atoms with E-state index in [-0.39, 0.29) is 5.91 Å². The molecule has 1 aliphatic rings. The number of benzene rings is 1. The fourth-order valence-electron chi connectivity index (χ4n) is 2.38. The Balaban J connectivity index is 2.03. The Bertz CT molecular complexity index is 477. The van der Waals surface area contributed by atoms with Crippen molar-refractivity contribution in [1.82, 2.24) is 10.2 Å². The first-order chi connectivity index (χ1) is 9.06. The van der Waals surface area contributed by atoms with E-state index in [4.69, 9.17) is 11.6 Å². The second-order valence-corrected chi connectivity index (χ2v) is 5.47. The van der Waals surface area contributed by atoms with Crippen LogP contribution < -0.4 is 5.32 Å². The molecule has 0 radical (unpaired) electrons. The van der Waals surface area contributed by atoms with Gasteiger partial charge in [0.25, 0.3) is 0 Å². The third-order valence-electron chi connectivity index (χ3n) is 3.18. The van der Waals surface area contributed by atoms with Crippen LogP contribution in [0.4, 0.5) is 0 Å². The first-order valence-electron chi connectivity index (χ1n) is 6.54. The van der Waals surface area contributed by atoms with Crippen LogP contribution in [0.1, 0.15) is 19.4 Å². The smallest absolute Gasteiger partial charge is 0.246 e. The monoisotopic (exact) mass is 278 g/mol. The molecule has 1 aromatic rings. The Morgan fingerprint density at radius 3 is 2.58 bits per heavy atom. The van der Waals surface area contributed by atoms with Crippen LogP contribution in [-0.4, -0.2) is 36.0 Å². The number of nitrogens with one attached hydrogen (secondary N) is 1. The van der Waals surface area contributed by atoms with Crippen molar-refractivity contribution in [2.45, 2.75) is 25.9 Å². The van der Waals surface area contributed by atoms with Gasteiger partial charge in [-0.2, -0.15) is 0 Å². The molecule has 1 aliphatic heterocycles. The number of hydrogen-bond donors (Lipinski definition) is 1. The Kier molecular flexibility index (Phi) is 4.61. The SMILES string of the molecule is CC1CN(C(=O)/C=C/c2ccccc2Cl)CC(C)N1. The van der Waals surface area contributed by atoms with E-state index in [9.17, 15) is 4.79 Å². The van der Waals surface area contributed by atoms with Gasteiger partial charge in [-0.05, 0) is 31.6 Å². The maximum atomic E-state index is 12.1. The molecule has 1 N–H and O–H groups in total. The van der Waals surface area contributed by atoms with Gasteiger partial charge in [-0.25, -0.2) is 0 Å². The molecule has 19 heavy (non-hydrogen) atoms. The van der Waals surface area contributed by atoms with Crippen LogP contribution in [0.25, 0.3) is 6.08 Å². The Morgan fingerprint density at radius 2 is 1.95 bits per heavy atom. The zero-order chi connectivity index (χ0) is 13.8. The minimum absolute atomic E-state index is 0.0418. The summed E-state index contributed by atoms with van der Waals surface area (Å²) in [6, 6.07) is 8.17. The van der Waals surface area contributed by atoms with Crippen LogP contribution in [0.15, 0.2) is 30.3 Å². The minimum Gasteiger partial charge on any atom is -0.336 e. The summed E-state index contributed by atoms with van der Waals surface area (Å²) in [6.07, 6.45) is 3.38. The normalized spacial score (nSPS) is 23.8. The minimum atomic E-state index is 0.0418. The summed E-state index contributed by atoms with van der Waals surface area (Å²) in [5.74, 6) is 0.0418. The van der Waals surface area contributed by atoms with Crippen molar-refractivity contribution in [2.24, 2.45) is 0 Å². The molecule has 2 atom stereocenters. The maximum Gasteiger partial charge on any atom is 0.246 e. The first-order valence-corrected chi connectivity index (χ1v) is 6.91. The summed E-state index contributed by atoms with van der Waals surface area (Å²) in [6.45, 7) is 5.67. The number of amides is 1. The molecule has 2 rings (SSSR count). The molecular weight excluding hydrogens is 260 g/mol. The lowest BCUT2D eigenvalue weighted by Gasteiger charge is -2.35. The Hall–Kier alpha value is -1.32. The van der Waals surface area contributed by atoms with E-state index in [1.165, 1.54) is 0 Å². The highest BCUT2D eigenvalue weighted by atomic mass is 35.5. The van der Waals surface area contributed by atoms with E-state index in [2.05, 4.69) is 19.2 Å². The molecule has 1 aromatic carbocycles. The highest BCUT2D eigenvalue weighted by Gasteiger charge is 2.23. The topological polar surface area (TPSA) is 32.3 Å². The summed E-state index contributed by atoms with van der Waals surface area (Å²) in [5.41, 5.74) is 0.869. The zero-order valence-corrected chi connectivity index (χ0v) is 12.0. The maximum absolute atomic E-state index is 12.1. The molecule has 1 amide bonds. The van der Waals surface area contributed by atoms with Crippen molar-refractivity contribution >= 4 is 23.6 Å². The van der Waals surface area contributed by atoms with Gasteiger partial charge in [0.15, 0.2) is 0 Å². The van der Waals surface area contributed by atoms with Gasteiger partial charge in [0.05, 0.1) is 0 Å². The molecular formula is C15H19ClN2O. The van der Waals surface area contributed by atoms with Crippen molar-refractivity contribution < 1.29 is 4.79 Å². The Labute approximate surface area is 119 Å². The van der Waals surface area contributed by atoms with E-state index >= 15 is 0 Å². The third kappa shape index (κ3) is 3.82. The van der Waals surface area contributed by atoms with Gasteiger partial charge in [0.1, 0.15) is 0 Å². The number of carbonyl (C=O) groups is 1. The van der Waals surface area contributed by atoms with Crippen LogP contribution in [0.3, 0.4) is 0 Å². The van der Waals surface area contributed by atoms with Gasteiger partial charge in [-0.15, -0.1) is 0 Å². The Morgan fingerprint density at radius 1 is 1.32 bits per heavy atom. The molecule has 0 aliphatic carbocycles.